The summed E-state index contributed by atoms with van der Waals surface area (Å²) in [7, 11) is -2.58. The minimum absolute atomic E-state index is 0.183. The molecule has 0 fully saturated rings. The number of ether oxygens (including phenoxy) is 1. The summed E-state index contributed by atoms with van der Waals surface area (Å²) in [6, 6.07) is 30.0. The Bertz CT molecular complexity index is 1740. The minimum Gasteiger partial charge on any atom is -0.426 e. The van der Waals surface area contributed by atoms with Crippen molar-refractivity contribution < 1.29 is 19.0 Å². The Labute approximate surface area is 229 Å². The second kappa shape index (κ2) is 9.59. The van der Waals surface area contributed by atoms with E-state index in [1.165, 1.54) is 38.6 Å². The summed E-state index contributed by atoms with van der Waals surface area (Å²) in [4.78, 5) is 19.8. The van der Waals surface area contributed by atoms with Crippen molar-refractivity contribution in [3.63, 3.8) is 0 Å². The van der Waals surface area contributed by atoms with Crippen LogP contribution in [-0.4, -0.2) is 9.79 Å². The van der Waals surface area contributed by atoms with Crippen molar-refractivity contribution in [2.45, 2.75) is 39.4 Å². The van der Waals surface area contributed by atoms with Gasteiger partial charge >= 0.3 is 8.60 Å². The quantitative estimate of drug-likeness (QED) is 0.229. The van der Waals surface area contributed by atoms with Crippen molar-refractivity contribution >= 4 is 19.4 Å². The molecule has 0 unspecified atom stereocenters. The molecule has 2 aliphatic rings. The first-order chi connectivity index (χ1) is 19.0. The van der Waals surface area contributed by atoms with Crippen LogP contribution in [0.25, 0.3) is 44.2 Å². The summed E-state index contributed by atoms with van der Waals surface area (Å²) >= 11 is 0. The number of aryl methyl sites for hydroxylation is 3. The maximum Gasteiger partial charge on any atom is 0.391 e. The van der Waals surface area contributed by atoms with Crippen molar-refractivity contribution in [2.24, 2.45) is 0 Å². The van der Waals surface area contributed by atoms with Crippen LogP contribution < -0.4 is 4.52 Å². The zero-order chi connectivity index (χ0) is 26.7. The summed E-state index contributed by atoms with van der Waals surface area (Å²) in [6.07, 6.45) is 1.71. The van der Waals surface area contributed by atoms with E-state index in [9.17, 15) is 9.79 Å². The monoisotopic (exact) mass is 532 g/mol. The van der Waals surface area contributed by atoms with Gasteiger partial charge in [0.15, 0.2) is 0 Å². The smallest absolute Gasteiger partial charge is 0.391 e. The Balaban J connectivity index is 1.63. The van der Waals surface area contributed by atoms with Crippen molar-refractivity contribution in [3.8, 4) is 39.1 Å². The standard InChI is InChI=1S/C34H29O4P/c1-20-10-12-22(13-11-20)28-18-26-15-14-25-16-23-6-3-4-7-24(23)17-29(25)32(26)34-31(28)21(2)37-19-27-8-5-9-30(33(27)34)38-39(35)36/h3-13,16-18,21,35-36H,14-15,19H2,1-2H3/t21-/m0/s1. The maximum atomic E-state index is 9.92. The lowest BCUT2D eigenvalue weighted by molar-refractivity contribution is 0.0554. The highest BCUT2D eigenvalue weighted by atomic mass is 31.2. The molecule has 39 heavy (non-hydrogen) atoms. The fourth-order valence-electron chi connectivity index (χ4n) is 6.35. The van der Waals surface area contributed by atoms with E-state index in [1.807, 2.05) is 12.1 Å². The van der Waals surface area contributed by atoms with E-state index < -0.39 is 8.60 Å². The van der Waals surface area contributed by atoms with E-state index in [0.717, 1.165) is 46.2 Å². The van der Waals surface area contributed by atoms with Gasteiger partial charge in [-0.2, -0.15) is 0 Å². The van der Waals surface area contributed by atoms with Gasteiger partial charge < -0.3 is 19.0 Å². The zero-order valence-corrected chi connectivity index (χ0v) is 22.8. The van der Waals surface area contributed by atoms with Crippen LogP contribution in [0.5, 0.6) is 5.75 Å². The molecule has 1 heterocycles. The van der Waals surface area contributed by atoms with Gasteiger partial charge in [0.1, 0.15) is 5.75 Å². The molecule has 0 aromatic heterocycles. The van der Waals surface area contributed by atoms with Crippen LogP contribution >= 0.6 is 8.60 Å². The van der Waals surface area contributed by atoms with Gasteiger partial charge in [-0.25, -0.2) is 0 Å². The summed E-state index contributed by atoms with van der Waals surface area (Å²) in [5, 5.41) is 2.45. The fraction of sp³-hybridized carbons (Fsp3) is 0.176. The third-order valence-electron chi connectivity index (χ3n) is 8.15. The first-order valence-electron chi connectivity index (χ1n) is 13.4. The lowest BCUT2D eigenvalue weighted by Crippen LogP contribution is -2.10. The first kappa shape index (κ1) is 24.5. The SMILES string of the molecule is Cc1ccc(-c2cc3c(c4c2[C@H](C)OCc2cccc(OP(O)O)c2-4)-c2cc4ccccc4cc2CC3)cc1. The lowest BCUT2D eigenvalue weighted by atomic mass is 9.75. The Hall–Kier alpha value is -3.53. The van der Waals surface area contributed by atoms with Crippen LogP contribution in [0.15, 0.2) is 84.9 Å². The molecule has 0 spiro atoms. The molecule has 0 saturated carbocycles. The van der Waals surface area contributed by atoms with Crippen LogP contribution in [0.4, 0.5) is 0 Å². The third kappa shape index (κ3) is 4.16. The molecule has 7 rings (SSSR count). The van der Waals surface area contributed by atoms with Crippen LogP contribution in [-0.2, 0) is 24.2 Å². The Kier molecular flexibility index (Phi) is 6.02. The molecule has 1 atom stereocenters. The second-order valence-electron chi connectivity index (χ2n) is 10.6. The van der Waals surface area contributed by atoms with Gasteiger partial charge in [0.2, 0.25) is 0 Å². The first-order valence-corrected chi connectivity index (χ1v) is 14.5. The molecule has 0 radical (unpaired) electrons. The van der Waals surface area contributed by atoms with E-state index in [1.54, 1.807) is 0 Å². The average molecular weight is 533 g/mol. The maximum absolute atomic E-state index is 9.92. The van der Waals surface area contributed by atoms with Crippen molar-refractivity contribution in [1.82, 2.24) is 0 Å². The van der Waals surface area contributed by atoms with E-state index >= 15 is 0 Å². The van der Waals surface area contributed by atoms with Gasteiger partial charge in [0.25, 0.3) is 0 Å². The van der Waals surface area contributed by atoms with Gasteiger partial charge in [0, 0.05) is 11.1 Å². The summed E-state index contributed by atoms with van der Waals surface area (Å²) in [5.41, 5.74) is 12.6. The second-order valence-corrected chi connectivity index (χ2v) is 11.2. The Morgan fingerprint density at radius 3 is 2.26 bits per heavy atom. The fourth-order valence-corrected chi connectivity index (χ4v) is 6.68. The van der Waals surface area contributed by atoms with Crippen LogP contribution in [0.2, 0.25) is 0 Å². The number of benzene rings is 5. The molecule has 5 aromatic carbocycles. The predicted octanol–water partition coefficient (Wildman–Crippen LogP) is 8.43. The van der Waals surface area contributed by atoms with Crippen LogP contribution in [0.3, 0.4) is 0 Å². The summed E-state index contributed by atoms with van der Waals surface area (Å²) in [5.74, 6) is 0.471. The highest BCUT2D eigenvalue weighted by Crippen LogP contribution is 2.54. The molecule has 5 heteroatoms. The van der Waals surface area contributed by atoms with Crippen LogP contribution in [0, 0.1) is 6.92 Å². The normalized spacial score (nSPS) is 15.8. The Morgan fingerprint density at radius 2 is 1.49 bits per heavy atom. The Morgan fingerprint density at radius 1 is 0.744 bits per heavy atom. The molecule has 0 bridgehead atoms. The highest BCUT2D eigenvalue weighted by molar-refractivity contribution is 7.39. The van der Waals surface area contributed by atoms with E-state index in [2.05, 4.69) is 86.6 Å². The summed E-state index contributed by atoms with van der Waals surface area (Å²) in [6.45, 7) is 4.63. The van der Waals surface area contributed by atoms with Crippen molar-refractivity contribution in [2.75, 3.05) is 0 Å². The summed E-state index contributed by atoms with van der Waals surface area (Å²) < 4.78 is 12.2. The molecule has 194 valence electrons. The van der Waals surface area contributed by atoms with E-state index in [-0.39, 0.29) is 6.10 Å². The number of rotatable bonds is 3. The molecular formula is C34H29O4P. The molecule has 0 saturated heterocycles. The van der Waals surface area contributed by atoms with Gasteiger partial charge in [-0.3, -0.25) is 0 Å². The van der Waals surface area contributed by atoms with Crippen molar-refractivity contribution in [3.05, 3.63) is 113 Å². The van der Waals surface area contributed by atoms with Gasteiger partial charge in [-0.1, -0.05) is 78.4 Å². The molecule has 1 aliphatic carbocycles. The number of fused-ring (bicyclic) bond motifs is 8. The molecule has 5 aromatic rings. The van der Waals surface area contributed by atoms with Crippen molar-refractivity contribution in [1.29, 1.82) is 0 Å². The molecule has 0 amide bonds. The molecular weight excluding hydrogens is 503 g/mol. The zero-order valence-electron chi connectivity index (χ0n) is 21.9. The molecule has 1 aliphatic heterocycles. The molecule has 2 N–H and O–H groups in total. The lowest BCUT2D eigenvalue weighted by Gasteiger charge is -2.29. The van der Waals surface area contributed by atoms with E-state index in [0.29, 0.717) is 12.4 Å². The van der Waals surface area contributed by atoms with Gasteiger partial charge in [0.05, 0.1) is 12.7 Å². The minimum atomic E-state index is -2.58. The number of hydrogen-bond donors (Lipinski definition) is 2. The topological polar surface area (TPSA) is 58.9 Å². The van der Waals surface area contributed by atoms with E-state index in [4.69, 9.17) is 9.26 Å². The predicted molar refractivity (Wildman–Crippen MR) is 158 cm³/mol. The largest absolute Gasteiger partial charge is 0.426 e. The average Bonchev–Trinajstić information content (AvgIpc) is 3.09. The highest BCUT2D eigenvalue weighted by Gasteiger charge is 2.33. The molecule has 4 nitrogen and oxygen atoms in total. The van der Waals surface area contributed by atoms with Gasteiger partial charge in [-0.15, -0.1) is 0 Å². The van der Waals surface area contributed by atoms with Crippen LogP contribution in [0.1, 0.15) is 40.8 Å². The van der Waals surface area contributed by atoms with Gasteiger partial charge in [-0.05, 0) is 94.1 Å². The third-order valence-corrected chi connectivity index (χ3v) is 8.51. The number of hydrogen-bond acceptors (Lipinski definition) is 4.